The summed E-state index contributed by atoms with van der Waals surface area (Å²) in [6.07, 6.45) is 0.961. The number of hydrogen-bond acceptors (Lipinski definition) is 3. The van der Waals surface area contributed by atoms with Crippen molar-refractivity contribution in [2.45, 2.75) is 45.3 Å². The first-order chi connectivity index (χ1) is 6.35. The topological polar surface area (TPSA) is 38.3 Å². The van der Waals surface area contributed by atoms with Crippen molar-refractivity contribution in [3.05, 3.63) is 0 Å². The van der Waals surface area contributed by atoms with Crippen molar-refractivity contribution in [3.8, 4) is 0 Å². The van der Waals surface area contributed by atoms with E-state index in [2.05, 4.69) is 12.2 Å². The van der Waals surface area contributed by atoms with E-state index >= 15 is 0 Å². The lowest BCUT2D eigenvalue weighted by atomic mass is 9.64. The summed E-state index contributed by atoms with van der Waals surface area (Å²) in [5, 5.41) is 3.30. The summed E-state index contributed by atoms with van der Waals surface area (Å²) >= 11 is 0. The van der Waals surface area contributed by atoms with Crippen LogP contribution in [0.2, 0.25) is 0 Å². The first-order valence-corrected chi connectivity index (χ1v) is 5.34. The Hall–Kier alpha value is -0.570. The first-order valence-electron chi connectivity index (χ1n) is 5.34. The number of hydrogen-bond donors (Lipinski definition) is 1. The fraction of sp³-hybridized carbons (Fsp3) is 0.909. The maximum absolute atomic E-state index is 11.9. The Kier molecular flexibility index (Phi) is 1.94. The zero-order valence-electron chi connectivity index (χ0n) is 9.39. The summed E-state index contributed by atoms with van der Waals surface area (Å²) in [5.41, 5.74) is -0.723. The summed E-state index contributed by atoms with van der Waals surface area (Å²) < 4.78 is 5.43. The third kappa shape index (κ3) is 1.26. The number of rotatable bonds is 1. The van der Waals surface area contributed by atoms with E-state index < -0.39 is 0 Å². The maximum Gasteiger partial charge on any atom is 0.327 e. The summed E-state index contributed by atoms with van der Waals surface area (Å²) in [5.74, 6) is 1.06. The highest BCUT2D eigenvalue weighted by molar-refractivity contribution is 5.84. The van der Waals surface area contributed by atoms with Crippen LogP contribution in [0.4, 0.5) is 0 Å². The van der Waals surface area contributed by atoms with Crippen LogP contribution in [-0.2, 0) is 9.53 Å². The third-order valence-electron chi connectivity index (χ3n) is 3.51. The average molecular weight is 197 g/mol. The minimum Gasteiger partial charge on any atom is -0.459 e. The third-order valence-corrected chi connectivity index (χ3v) is 3.51. The van der Waals surface area contributed by atoms with Crippen LogP contribution in [0.25, 0.3) is 0 Å². The predicted octanol–water partition coefficient (Wildman–Crippen LogP) is 1.33. The molecule has 2 bridgehead atoms. The van der Waals surface area contributed by atoms with Gasteiger partial charge in [0.2, 0.25) is 0 Å². The number of nitrogens with one attached hydrogen (secondary N) is 1. The number of carbonyl (C=O) groups excluding carboxylic acids is 1. The van der Waals surface area contributed by atoms with Gasteiger partial charge in [-0.2, -0.15) is 0 Å². The lowest BCUT2D eigenvalue weighted by molar-refractivity contribution is -0.169. The quantitative estimate of drug-likeness (QED) is 0.644. The van der Waals surface area contributed by atoms with Gasteiger partial charge in [0.15, 0.2) is 0 Å². The SMILES string of the molecule is C[C@H]1[C@H]2CN[C@]1(C(=O)OC(C)(C)C)C2. The summed E-state index contributed by atoms with van der Waals surface area (Å²) in [7, 11) is 0. The van der Waals surface area contributed by atoms with Crippen LogP contribution < -0.4 is 5.32 Å². The van der Waals surface area contributed by atoms with E-state index in [1.807, 2.05) is 20.8 Å². The molecule has 3 atom stereocenters. The Labute approximate surface area is 85.2 Å². The molecular weight excluding hydrogens is 178 g/mol. The molecule has 2 heterocycles. The lowest BCUT2D eigenvalue weighted by Gasteiger charge is -2.43. The van der Waals surface area contributed by atoms with Crippen LogP contribution in [-0.4, -0.2) is 23.7 Å². The minimum absolute atomic E-state index is 0.0637. The van der Waals surface area contributed by atoms with E-state index in [1.54, 1.807) is 0 Å². The van der Waals surface area contributed by atoms with Crippen molar-refractivity contribution in [2.75, 3.05) is 6.54 Å². The number of esters is 1. The van der Waals surface area contributed by atoms with Gasteiger partial charge in [-0.3, -0.25) is 4.79 Å². The molecule has 0 aromatic rings. The summed E-state index contributed by atoms with van der Waals surface area (Å²) in [6.45, 7) is 8.85. The molecule has 1 saturated carbocycles. The van der Waals surface area contributed by atoms with Gasteiger partial charge in [-0.15, -0.1) is 0 Å². The Morgan fingerprint density at radius 1 is 1.50 bits per heavy atom. The second-order valence-corrected chi connectivity index (χ2v) is 5.61. The molecule has 0 aromatic carbocycles. The smallest absolute Gasteiger partial charge is 0.327 e. The second kappa shape index (κ2) is 2.72. The fourth-order valence-corrected chi connectivity index (χ4v) is 2.52. The van der Waals surface area contributed by atoms with Gasteiger partial charge < -0.3 is 10.1 Å². The summed E-state index contributed by atoms with van der Waals surface area (Å²) in [6, 6.07) is 0. The Balaban J connectivity index is 2.06. The predicted molar refractivity (Wildman–Crippen MR) is 53.8 cm³/mol. The van der Waals surface area contributed by atoms with Gasteiger partial charge in [0.1, 0.15) is 11.1 Å². The molecule has 3 heteroatoms. The molecule has 1 N–H and O–H groups in total. The molecule has 3 aliphatic rings. The van der Waals surface area contributed by atoms with Gasteiger partial charge >= 0.3 is 5.97 Å². The van der Waals surface area contributed by atoms with Crippen LogP contribution in [0.1, 0.15) is 34.1 Å². The minimum atomic E-state index is -0.374. The van der Waals surface area contributed by atoms with Crippen molar-refractivity contribution >= 4 is 5.97 Å². The molecule has 2 aliphatic heterocycles. The van der Waals surface area contributed by atoms with Crippen LogP contribution in [0.15, 0.2) is 0 Å². The molecule has 0 amide bonds. The van der Waals surface area contributed by atoms with E-state index in [0.717, 1.165) is 13.0 Å². The molecule has 0 aromatic heterocycles. The zero-order valence-corrected chi connectivity index (χ0v) is 9.39. The van der Waals surface area contributed by atoms with Crippen LogP contribution >= 0.6 is 0 Å². The number of fused-ring (bicyclic) bond motifs is 1. The van der Waals surface area contributed by atoms with E-state index in [1.165, 1.54) is 0 Å². The van der Waals surface area contributed by atoms with Crippen LogP contribution in [0.3, 0.4) is 0 Å². The van der Waals surface area contributed by atoms with Crippen LogP contribution in [0.5, 0.6) is 0 Å². The molecule has 3 nitrogen and oxygen atoms in total. The van der Waals surface area contributed by atoms with Crippen LogP contribution in [0, 0.1) is 11.8 Å². The van der Waals surface area contributed by atoms with E-state index in [9.17, 15) is 4.79 Å². The highest BCUT2D eigenvalue weighted by Crippen LogP contribution is 2.49. The van der Waals surface area contributed by atoms with Crippen molar-refractivity contribution in [1.29, 1.82) is 0 Å². The van der Waals surface area contributed by atoms with Crippen molar-refractivity contribution in [2.24, 2.45) is 11.8 Å². The number of carbonyl (C=O) groups is 1. The molecule has 0 unspecified atom stereocenters. The molecule has 1 aliphatic carbocycles. The molecule has 80 valence electrons. The van der Waals surface area contributed by atoms with E-state index in [-0.39, 0.29) is 17.1 Å². The lowest BCUT2D eigenvalue weighted by Crippen LogP contribution is -2.59. The van der Waals surface area contributed by atoms with Gasteiger partial charge in [0, 0.05) is 0 Å². The highest BCUT2D eigenvalue weighted by atomic mass is 16.6. The molecule has 0 radical (unpaired) electrons. The largest absolute Gasteiger partial charge is 0.459 e. The Morgan fingerprint density at radius 3 is 2.50 bits per heavy atom. The fourth-order valence-electron chi connectivity index (χ4n) is 2.52. The molecule has 3 rings (SSSR count). The Morgan fingerprint density at radius 2 is 2.14 bits per heavy atom. The molecule has 0 spiro atoms. The standard InChI is InChI=1S/C11H19NO2/c1-7-8-5-11(7,12-6-8)9(13)14-10(2,3)4/h7-8,12H,5-6H2,1-4H3/t7-,8+,11+/m0/s1. The first kappa shape index (κ1) is 9.97. The van der Waals surface area contributed by atoms with E-state index in [0.29, 0.717) is 11.8 Å². The zero-order chi connectivity index (χ0) is 10.6. The van der Waals surface area contributed by atoms with Gasteiger partial charge in [-0.1, -0.05) is 6.92 Å². The van der Waals surface area contributed by atoms with Gasteiger partial charge in [-0.05, 0) is 45.6 Å². The maximum atomic E-state index is 11.9. The molecular formula is C11H19NO2. The molecule has 2 saturated heterocycles. The summed E-state index contributed by atoms with van der Waals surface area (Å²) in [4.78, 5) is 11.9. The van der Waals surface area contributed by atoms with Gasteiger partial charge in [-0.25, -0.2) is 0 Å². The van der Waals surface area contributed by atoms with Crippen molar-refractivity contribution < 1.29 is 9.53 Å². The second-order valence-electron chi connectivity index (χ2n) is 5.61. The van der Waals surface area contributed by atoms with Gasteiger partial charge in [0.05, 0.1) is 0 Å². The average Bonchev–Trinajstić information content (AvgIpc) is 2.56. The van der Waals surface area contributed by atoms with Gasteiger partial charge in [0.25, 0.3) is 0 Å². The monoisotopic (exact) mass is 197 g/mol. The molecule has 3 fully saturated rings. The van der Waals surface area contributed by atoms with Crippen molar-refractivity contribution in [3.63, 3.8) is 0 Å². The Bertz CT molecular complexity index is 265. The normalized spacial score (nSPS) is 40.6. The van der Waals surface area contributed by atoms with Crippen molar-refractivity contribution in [1.82, 2.24) is 5.32 Å². The highest BCUT2D eigenvalue weighted by Gasteiger charge is 2.62. The molecule has 14 heavy (non-hydrogen) atoms. The van der Waals surface area contributed by atoms with E-state index in [4.69, 9.17) is 4.74 Å². The number of ether oxygens (including phenoxy) is 1.